The summed E-state index contributed by atoms with van der Waals surface area (Å²) in [4.78, 5) is 4.15. The van der Waals surface area contributed by atoms with Gasteiger partial charge in [-0.25, -0.2) is 0 Å². The molecule has 0 saturated carbocycles. The Morgan fingerprint density at radius 1 is 1.18 bits per heavy atom. The van der Waals surface area contributed by atoms with Crippen LogP contribution in [0.2, 0.25) is 5.02 Å². The van der Waals surface area contributed by atoms with Gasteiger partial charge >= 0.3 is 0 Å². The fraction of sp³-hybridized carbons (Fsp3) is 0. The number of anilines is 4. The van der Waals surface area contributed by atoms with Crippen LogP contribution < -0.4 is 15.5 Å². The number of hydrogen-bond donors (Lipinski definition) is 3. The van der Waals surface area contributed by atoms with E-state index in [1.54, 1.807) is 30.3 Å². The van der Waals surface area contributed by atoms with Gasteiger partial charge in [-0.3, -0.25) is 5.21 Å². The van der Waals surface area contributed by atoms with Crippen molar-refractivity contribution in [2.24, 2.45) is 0 Å². The summed E-state index contributed by atoms with van der Waals surface area (Å²) in [6.45, 7) is 0. The normalized spacial score (nSPS) is 10.8. The average Bonchev–Trinajstić information content (AvgIpc) is 3.15. The van der Waals surface area contributed by atoms with Crippen molar-refractivity contribution in [3.8, 4) is 12.1 Å². The zero-order valence-corrected chi connectivity index (χ0v) is 18.4. The third-order valence-corrected chi connectivity index (χ3v) is 5.63. The molecule has 0 amide bonds. The molecule has 0 aliphatic rings. The molecular formula is C22H15ClN8OS. The molecule has 1 heterocycles. The minimum atomic E-state index is 0.0606. The van der Waals surface area contributed by atoms with Crippen molar-refractivity contribution in [1.29, 1.82) is 10.5 Å². The Balaban J connectivity index is 1.55. The molecule has 4 N–H and O–H groups in total. The van der Waals surface area contributed by atoms with Crippen LogP contribution in [-0.2, 0) is 0 Å². The Morgan fingerprint density at radius 3 is 2.79 bits per heavy atom. The Kier molecular flexibility index (Phi) is 6.33. The van der Waals surface area contributed by atoms with Crippen LogP contribution >= 0.6 is 23.7 Å². The van der Waals surface area contributed by atoms with Gasteiger partial charge in [0.2, 0.25) is 11.9 Å². The fourth-order valence-corrected chi connectivity index (χ4v) is 3.90. The number of fused-ring (bicyclic) bond motifs is 1. The Morgan fingerprint density at radius 2 is 2.03 bits per heavy atom. The van der Waals surface area contributed by atoms with Gasteiger partial charge in [-0.15, -0.1) is 9.19 Å². The topological polar surface area (TPSA) is 140 Å². The first-order valence-corrected chi connectivity index (χ1v) is 10.5. The van der Waals surface area contributed by atoms with Gasteiger partial charge in [0.1, 0.15) is 18.2 Å². The second-order valence-electron chi connectivity index (χ2n) is 6.67. The van der Waals surface area contributed by atoms with Gasteiger partial charge in [-0.05, 0) is 47.4 Å². The molecule has 0 unspecified atom stereocenters. The first-order chi connectivity index (χ1) is 16.0. The SMILES string of the molecule is N#C/C=C/c1ccc2c(N(O)Sn3nc(Nc4ccc(C#N)c(Cl)c4)nc3N)cccc2c1. The lowest BCUT2D eigenvalue weighted by molar-refractivity contribution is 0.332. The van der Waals surface area contributed by atoms with Gasteiger partial charge in [0.15, 0.2) is 0 Å². The zero-order chi connectivity index (χ0) is 23.4. The van der Waals surface area contributed by atoms with Gasteiger partial charge in [0, 0.05) is 17.1 Å². The molecule has 162 valence electrons. The number of nitrogens with two attached hydrogens (primary N) is 1. The number of hydrogen-bond acceptors (Lipinski definition) is 9. The van der Waals surface area contributed by atoms with Crippen molar-refractivity contribution in [1.82, 2.24) is 14.2 Å². The van der Waals surface area contributed by atoms with Crippen molar-refractivity contribution in [3.05, 3.63) is 76.8 Å². The summed E-state index contributed by atoms with van der Waals surface area (Å²) >= 11 is 6.89. The lowest BCUT2D eigenvalue weighted by Crippen LogP contribution is -2.13. The largest absolute Gasteiger partial charge is 0.367 e. The summed E-state index contributed by atoms with van der Waals surface area (Å²) in [5.41, 5.74) is 8.30. The van der Waals surface area contributed by atoms with Crippen molar-refractivity contribution < 1.29 is 5.21 Å². The van der Waals surface area contributed by atoms with E-state index in [1.165, 1.54) is 10.2 Å². The smallest absolute Gasteiger partial charge is 0.249 e. The van der Waals surface area contributed by atoms with Crippen LogP contribution in [-0.4, -0.2) is 19.4 Å². The summed E-state index contributed by atoms with van der Waals surface area (Å²) in [6.07, 6.45) is 3.12. The predicted molar refractivity (Wildman–Crippen MR) is 130 cm³/mol. The quantitative estimate of drug-likeness (QED) is 0.197. The molecule has 9 nitrogen and oxygen atoms in total. The van der Waals surface area contributed by atoms with E-state index in [9.17, 15) is 5.21 Å². The summed E-state index contributed by atoms with van der Waals surface area (Å²) in [7, 11) is 0. The molecule has 3 aromatic carbocycles. The molecule has 0 saturated heterocycles. The van der Waals surface area contributed by atoms with Gasteiger partial charge in [-0.2, -0.15) is 20.0 Å². The van der Waals surface area contributed by atoms with Crippen molar-refractivity contribution in [3.63, 3.8) is 0 Å². The minimum absolute atomic E-state index is 0.0606. The van der Waals surface area contributed by atoms with Crippen LogP contribution in [0.3, 0.4) is 0 Å². The molecule has 33 heavy (non-hydrogen) atoms. The second-order valence-corrected chi connectivity index (χ2v) is 7.93. The fourth-order valence-electron chi connectivity index (χ4n) is 3.04. The first kappa shape index (κ1) is 22.0. The van der Waals surface area contributed by atoms with Gasteiger partial charge in [0.05, 0.1) is 22.3 Å². The lowest BCUT2D eigenvalue weighted by Gasteiger charge is -2.17. The van der Waals surface area contributed by atoms with E-state index in [1.807, 2.05) is 42.5 Å². The maximum atomic E-state index is 10.7. The summed E-state index contributed by atoms with van der Waals surface area (Å²) in [5.74, 6) is 0.256. The molecular weight excluding hydrogens is 460 g/mol. The van der Waals surface area contributed by atoms with Crippen molar-refractivity contribution in [2.45, 2.75) is 0 Å². The number of nitrogens with one attached hydrogen (secondary N) is 1. The number of rotatable bonds is 6. The third kappa shape index (κ3) is 4.84. The van der Waals surface area contributed by atoms with Crippen molar-refractivity contribution in [2.75, 3.05) is 15.5 Å². The maximum absolute atomic E-state index is 10.7. The van der Waals surface area contributed by atoms with E-state index < -0.39 is 0 Å². The lowest BCUT2D eigenvalue weighted by atomic mass is 10.1. The highest BCUT2D eigenvalue weighted by Gasteiger charge is 2.15. The maximum Gasteiger partial charge on any atom is 0.249 e. The summed E-state index contributed by atoms with van der Waals surface area (Å²) < 4.78 is 2.21. The van der Waals surface area contributed by atoms with Crippen LogP contribution in [0.15, 0.2) is 60.7 Å². The number of aromatic nitrogens is 3. The van der Waals surface area contributed by atoms with Crippen LogP contribution in [0, 0.1) is 22.7 Å². The highest BCUT2D eigenvalue weighted by atomic mass is 35.5. The molecule has 0 spiro atoms. The number of nitrogen functional groups attached to an aromatic ring is 1. The molecule has 4 rings (SSSR count). The second kappa shape index (κ2) is 9.51. The molecule has 0 aliphatic carbocycles. The highest BCUT2D eigenvalue weighted by Crippen LogP contribution is 2.32. The van der Waals surface area contributed by atoms with E-state index in [-0.39, 0.29) is 11.9 Å². The molecule has 0 radical (unpaired) electrons. The average molecular weight is 475 g/mol. The Labute approximate surface area is 198 Å². The standard InChI is InChI=1S/C22H15ClN8OS/c23-19-12-17(8-7-16(19)13-25)27-22-28-21(26)30(29-22)33-31(32)20-5-1-4-15-11-14(3-2-10-24)6-9-18(15)20/h1-9,11-12,32H,(H3,26,27,28,29)/b3-2+. The van der Waals surface area contributed by atoms with Gasteiger partial charge < -0.3 is 11.1 Å². The van der Waals surface area contributed by atoms with E-state index >= 15 is 0 Å². The van der Waals surface area contributed by atoms with E-state index in [0.29, 0.717) is 22.0 Å². The zero-order valence-electron chi connectivity index (χ0n) is 16.8. The monoisotopic (exact) mass is 474 g/mol. The van der Waals surface area contributed by atoms with Gasteiger partial charge in [-0.1, -0.05) is 35.9 Å². The number of allylic oxidation sites excluding steroid dienone is 1. The molecule has 0 bridgehead atoms. The molecule has 0 fully saturated rings. The number of benzene rings is 3. The van der Waals surface area contributed by atoms with E-state index in [4.69, 9.17) is 27.9 Å². The van der Waals surface area contributed by atoms with Crippen LogP contribution in [0.1, 0.15) is 11.1 Å². The van der Waals surface area contributed by atoms with Crippen LogP contribution in [0.5, 0.6) is 0 Å². The molecule has 0 atom stereocenters. The Bertz CT molecular complexity index is 1450. The van der Waals surface area contributed by atoms with Crippen LogP contribution in [0.4, 0.5) is 23.3 Å². The summed E-state index contributed by atoms with van der Waals surface area (Å²) in [6, 6.07) is 19.9. The van der Waals surface area contributed by atoms with Crippen LogP contribution in [0.25, 0.3) is 16.8 Å². The first-order valence-electron chi connectivity index (χ1n) is 9.44. The van der Waals surface area contributed by atoms with Crippen molar-refractivity contribution >= 4 is 63.9 Å². The minimum Gasteiger partial charge on any atom is -0.367 e. The number of halogens is 1. The van der Waals surface area contributed by atoms with E-state index in [0.717, 1.165) is 32.9 Å². The van der Waals surface area contributed by atoms with E-state index in [2.05, 4.69) is 15.4 Å². The van der Waals surface area contributed by atoms with Gasteiger partial charge in [0.25, 0.3) is 0 Å². The highest BCUT2D eigenvalue weighted by molar-refractivity contribution is 7.98. The molecule has 11 heteroatoms. The number of nitriles is 2. The summed E-state index contributed by atoms with van der Waals surface area (Å²) in [5, 5.41) is 37.6. The third-order valence-electron chi connectivity index (χ3n) is 4.54. The Hall–Kier alpha value is -4.22. The molecule has 4 aromatic rings. The predicted octanol–water partition coefficient (Wildman–Crippen LogP) is 5.13. The molecule has 0 aliphatic heterocycles. The molecule has 1 aromatic heterocycles. The number of nitrogens with zero attached hydrogens (tertiary/aromatic N) is 6.